The molecule has 0 radical (unpaired) electrons. The fourth-order valence-electron chi connectivity index (χ4n) is 5.07. The van der Waals surface area contributed by atoms with Crippen LogP contribution in [0.5, 0.6) is 5.75 Å². The van der Waals surface area contributed by atoms with Gasteiger partial charge in [-0.2, -0.15) is 0 Å². The van der Waals surface area contributed by atoms with E-state index in [2.05, 4.69) is 5.32 Å². The Bertz CT molecular complexity index is 829. The van der Waals surface area contributed by atoms with Crippen molar-refractivity contribution >= 4 is 18.3 Å². The SMILES string of the molecule is COc1ccc(C(NC(=O)C2CC3CCCC(C2)C3N)c2ccc(F)cc2)cc1.Cl. The number of nitrogens with two attached hydrogens (primary N) is 1. The van der Waals surface area contributed by atoms with E-state index in [-0.39, 0.29) is 42.1 Å². The summed E-state index contributed by atoms with van der Waals surface area (Å²) in [5.74, 6) is 1.42. The fourth-order valence-corrected chi connectivity index (χ4v) is 5.07. The van der Waals surface area contributed by atoms with Crippen LogP contribution in [0.1, 0.15) is 49.3 Å². The molecule has 2 fully saturated rings. The Balaban J connectivity index is 0.00000256. The summed E-state index contributed by atoms with van der Waals surface area (Å²) in [5.41, 5.74) is 8.19. The van der Waals surface area contributed by atoms with E-state index in [9.17, 15) is 9.18 Å². The number of nitrogens with one attached hydrogen (secondary N) is 1. The van der Waals surface area contributed by atoms with Crippen LogP contribution in [-0.2, 0) is 4.79 Å². The fraction of sp³-hybridized carbons (Fsp3) is 0.458. The Labute approximate surface area is 183 Å². The molecule has 6 heteroatoms. The van der Waals surface area contributed by atoms with Crippen LogP contribution in [0.3, 0.4) is 0 Å². The summed E-state index contributed by atoms with van der Waals surface area (Å²) < 4.78 is 18.7. The van der Waals surface area contributed by atoms with Crippen LogP contribution < -0.4 is 15.8 Å². The molecule has 3 atom stereocenters. The number of carbonyl (C=O) groups is 1. The van der Waals surface area contributed by atoms with Crippen LogP contribution in [0, 0.1) is 23.6 Å². The van der Waals surface area contributed by atoms with Gasteiger partial charge in [0.1, 0.15) is 11.6 Å². The summed E-state index contributed by atoms with van der Waals surface area (Å²) in [6.07, 6.45) is 5.20. The molecule has 3 unspecified atom stereocenters. The zero-order valence-electron chi connectivity index (χ0n) is 17.2. The first-order chi connectivity index (χ1) is 14.0. The molecule has 1 amide bonds. The minimum atomic E-state index is -0.329. The van der Waals surface area contributed by atoms with Crippen LogP contribution in [-0.4, -0.2) is 19.1 Å². The van der Waals surface area contributed by atoms with E-state index in [0.717, 1.165) is 42.6 Å². The largest absolute Gasteiger partial charge is 0.497 e. The molecular weight excluding hydrogens is 403 g/mol. The Hall–Kier alpha value is -2.11. The third-order valence-electron chi connectivity index (χ3n) is 6.72. The van der Waals surface area contributed by atoms with Gasteiger partial charge < -0.3 is 15.8 Å². The van der Waals surface area contributed by atoms with Crippen LogP contribution in [0.4, 0.5) is 4.39 Å². The number of ether oxygens (including phenoxy) is 1. The first-order valence-corrected chi connectivity index (χ1v) is 10.5. The molecule has 0 aromatic heterocycles. The molecule has 3 N–H and O–H groups in total. The normalized spacial score (nSPS) is 26.2. The molecule has 4 nitrogen and oxygen atoms in total. The third kappa shape index (κ3) is 4.79. The quantitative estimate of drug-likeness (QED) is 0.724. The Morgan fingerprint density at radius 2 is 1.57 bits per heavy atom. The second-order valence-corrected chi connectivity index (χ2v) is 8.46. The van der Waals surface area contributed by atoms with Crippen molar-refractivity contribution in [1.82, 2.24) is 5.32 Å². The molecule has 0 aliphatic heterocycles. The van der Waals surface area contributed by atoms with Crippen molar-refractivity contribution < 1.29 is 13.9 Å². The molecule has 0 heterocycles. The standard InChI is InChI=1S/C24H29FN2O2.ClH/c1-29-21-11-7-16(8-12-21)23(15-5-9-20(25)10-6-15)27-24(28)19-13-17-3-2-4-18(14-19)22(17)26;/h5-12,17-19,22-23H,2-4,13-14,26H2,1H3,(H,27,28);1H. The molecule has 4 rings (SSSR count). The highest BCUT2D eigenvalue weighted by atomic mass is 35.5. The summed E-state index contributed by atoms with van der Waals surface area (Å²) in [4.78, 5) is 13.2. The molecule has 30 heavy (non-hydrogen) atoms. The number of rotatable bonds is 5. The highest BCUT2D eigenvalue weighted by Gasteiger charge is 2.40. The lowest BCUT2D eigenvalue weighted by Gasteiger charge is -2.43. The smallest absolute Gasteiger partial charge is 0.223 e. The maximum atomic E-state index is 13.5. The minimum Gasteiger partial charge on any atom is -0.497 e. The van der Waals surface area contributed by atoms with Crippen LogP contribution >= 0.6 is 12.4 Å². The van der Waals surface area contributed by atoms with Gasteiger partial charge in [0.15, 0.2) is 0 Å². The highest BCUT2D eigenvalue weighted by Crippen LogP contribution is 2.42. The Morgan fingerprint density at radius 1 is 1.03 bits per heavy atom. The lowest BCUT2D eigenvalue weighted by Crippen LogP contribution is -2.49. The van der Waals surface area contributed by atoms with Gasteiger partial charge in [0, 0.05) is 12.0 Å². The van der Waals surface area contributed by atoms with E-state index < -0.39 is 0 Å². The Kier molecular flexibility index (Phi) is 7.37. The maximum Gasteiger partial charge on any atom is 0.223 e. The van der Waals surface area contributed by atoms with Gasteiger partial charge in [0.25, 0.3) is 0 Å². The molecule has 2 bridgehead atoms. The summed E-state index contributed by atoms with van der Waals surface area (Å²) in [6.45, 7) is 0. The maximum absolute atomic E-state index is 13.5. The van der Waals surface area contributed by atoms with Crippen molar-refractivity contribution in [2.45, 2.75) is 44.2 Å². The third-order valence-corrected chi connectivity index (χ3v) is 6.72. The average molecular weight is 433 g/mol. The summed E-state index contributed by atoms with van der Waals surface area (Å²) >= 11 is 0. The molecule has 162 valence electrons. The van der Waals surface area contributed by atoms with Crippen molar-refractivity contribution in [1.29, 1.82) is 0 Å². The van der Waals surface area contributed by atoms with Gasteiger partial charge in [-0.05, 0) is 72.9 Å². The molecule has 0 spiro atoms. The lowest BCUT2D eigenvalue weighted by molar-refractivity contribution is -0.128. The van der Waals surface area contributed by atoms with E-state index in [1.54, 1.807) is 19.2 Å². The molecule has 2 aromatic rings. The number of benzene rings is 2. The minimum absolute atomic E-state index is 0. The second-order valence-electron chi connectivity index (χ2n) is 8.46. The lowest BCUT2D eigenvalue weighted by atomic mass is 9.65. The van der Waals surface area contributed by atoms with Crippen LogP contribution in [0.25, 0.3) is 0 Å². The number of halogens is 2. The van der Waals surface area contributed by atoms with Gasteiger partial charge in [-0.25, -0.2) is 4.39 Å². The molecule has 0 saturated heterocycles. The van der Waals surface area contributed by atoms with Gasteiger partial charge in [-0.3, -0.25) is 4.79 Å². The summed E-state index contributed by atoms with van der Waals surface area (Å²) in [7, 11) is 1.62. The zero-order chi connectivity index (χ0) is 20.4. The predicted octanol–water partition coefficient (Wildman–Crippen LogP) is 4.62. The van der Waals surface area contributed by atoms with E-state index in [1.807, 2.05) is 24.3 Å². The van der Waals surface area contributed by atoms with Crippen molar-refractivity contribution in [2.75, 3.05) is 7.11 Å². The van der Waals surface area contributed by atoms with Gasteiger partial charge in [0.2, 0.25) is 5.91 Å². The van der Waals surface area contributed by atoms with Gasteiger partial charge in [-0.15, -0.1) is 12.4 Å². The van der Waals surface area contributed by atoms with Gasteiger partial charge in [0.05, 0.1) is 13.2 Å². The first kappa shape index (κ1) is 22.6. The average Bonchev–Trinajstić information content (AvgIpc) is 2.72. The highest BCUT2D eigenvalue weighted by molar-refractivity contribution is 5.85. The van der Waals surface area contributed by atoms with Crippen molar-refractivity contribution in [3.05, 3.63) is 65.5 Å². The molecule has 2 aliphatic rings. The molecular formula is C24H30ClFN2O2. The second kappa shape index (κ2) is 9.80. The summed E-state index contributed by atoms with van der Waals surface area (Å²) in [5, 5.41) is 3.24. The van der Waals surface area contributed by atoms with Gasteiger partial charge >= 0.3 is 0 Å². The van der Waals surface area contributed by atoms with Crippen molar-refractivity contribution in [3.63, 3.8) is 0 Å². The number of carbonyl (C=O) groups excluding carboxylic acids is 1. The number of amides is 1. The first-order valence-electron chi connectivity index (χ1n) is 10.5. The zero-order valence-corrected chi connectivity index (χ0v) is 18.0. The topological polar surface area (TPSA) is 64.3 Å². The molecule has 2 aromatic carbocycles. The number of hydrogen-bond donors (Lipinski definition) is 2. The van der Waals surface area contributed by atoms with E-state index in [1.165, 1.54) is 18.6 Å². The number of fused-ring (bicyclic) bond motifs is 2. The van der Waals surface area contributed by atoms with E-state index >= 15 is 0 Å². The van der Waals surface area contributed by atoms with Crippen molar-refractivity contribution in [3.8, 4) is 5.75 Å². The van der Waals surface area contributed by atoms with Crippen LogP contribution in [0.15, 0.2) is 48.5 Å². The number of methoxy groups -OCH3 is 1. The van der Waals surface area contributed by atoms with Crippen LogP contribution in [0.2, 0.25) is 0 Å². The summed E-state index contributed by atoms with van der Waals surface area (Å²) in [6, 6.07) is 13.9. The predicted molar refractivity (Wildman–Crippen MR) is 118 cm³/mol. The van der Waals surface area contributed by atoms with E-state index in [4.69, 9.17) is 10.5 Å². The monoisotopic (exact) mass is 432 g/mol. The molecule has 2 saturated carbocycles. The molecule has 2 aliphatic carbocycles. The number of hydrogen-bond acceptors (Lipinski definition) is 3. The van der Waals surface area contributed by atoms with E-state index in [0.29, 0.717) is 11.8 Å². The Morgan fingerprint density at radius 3 is 2.10 bits per heavy atom. The van der Waals surface area contributed by atoms with Crippen molar-refractivity contribution in [2.24, 2.45) is 23.5 Å². The van der Waals surface area contributed by atoms with Gasteiger partial charge in [-0.1, -0.05) is 30.7 Å².